The summed E-state index contributed by atoms with van der Waals surface area (Å²) in [6.45, 7) is 5.52. The molecule has 2 atom stereocenters. The maximum Gasteiger partial charge on any atom is 0.339 e. The molecule has 0 saturated carbocycles. The van der Waals surface area contributed by atoms with Crippen molar-refractivity contribution in [3.8, 4) is 0 Å². The Morgan fingerprint density at radius 2 is 2.00 bits per heavy atom. The summed E-state index contributed by atoms with van der Waals surface area (Å²) in [5.74, 6) is -0.657. The molecule has 102 valence electrons. The molecule has 0 rings (SSSR count). The summed E-state index contributed by atoms with van der Waals surface area (Å²) in [6, 6.07) is 0. The lowest BCUT2D eigenvalue weighted by Gasteiger charge is -2.22. The van der Waals surface area contributed by atoms with Gasteiger partial charge in [-0.2, -0.15) is 0 Å². The highest BCUT2D eigenvalue weighted by atomic mass is 16.6. The molecule has 0 aromatic rings. The number of carbonyl (C=O) groups excluding carboxylic acids is 1. The van der Waals surface area contributed by atoms with Crippen LogP contribution in [0.5, 0.6) is 0 Å². The first-order valence-electron chi connectivity index (χ1n) is 6.36. The van der Waals surface area contributed by atoms with E-state index in [-0.39, 0.29) is 12.7 Å². The Morgan fingerprint density at radius 3 is 2.53 bits per heavy atom. The number of methoxy groups -OCH3 is 1. The second-order valence-electron chi connectivity index (χ2n) is 4.74. The van der Waals surface area contributed by atoms with Crippen molar-refractivity contribution in [3.63, 3.8) is 0 Å². The van der Waals surface area contributed by atoms with Gasteiger partial charge in [-0.25, -0.2) is 4.79 Å². The molecule has 2 unspecified atom stereocenters. The molecule has 0 aromatic heterocycles. The topological polar surface area (TPSA) is 55.8 Å². The van der Waals surface area contributed by atoms with Gasteiger partial charge in [-0.3, -0.25) is 0 Å². The maximum atomic E-state index is 11.2. The molecular formula is C13H26O4. The summed E-state index contributed by atoms with van der Waals surface area (Å²) < 4.78 is 9.95. The first kappa shape index (κ1) is 16.4. The van der Waals surface area contributed by atoms with Crippen molar-refractivity contribution >= 4 is 5.97 Å². The predicted molar refractivity (Wildman–Crippen MR) is 66.8 cm³/mol. The minimum absolute atomic E-state index is 0.0192. The molecular weight excluding hydrogens is 220 g/mol. The van der Waals surface area contributed by atoms with E-state index in [2.05, 4.69) is 11.7 Å². The quantitative estimate of drug-likeness (QED) is 0.501. The van der Waals surface area contributed by atoms with Gasteiger partial charge in [-0.05, 0) is 20.3 Å². The monoisotopic (exact) mass is 246 g/mol. The number of unbranched alkanes of at least 4 members (excludes halogenated alkanes) is 3. The predicted octanol–water partition coefficient (Wildman–Crippen LogP) is 2.29. The van der Waals surface area contributed by atoms with Crippen LogP contribution in [0.4, 0.5) is 0 Å². The average molecular weight is 246 g/mol. The van der Waals surface area contributed by atoms with E-state index in [1.807, 2.05) is 6.92 Å². The van der Waals surface area contributed by atoms with Gasteiger partial charge in [0, 0.05) is 0 Å². The second-order valence-corrected chi connectivity index (χ2v) is 4.74. The number of hydrogen-bond acceptors (Lipinski definition) is 4. The van der Waals surface area contributed by atoms with Crippen LogP contribution < -0.4 is 0 Å². The van der Waals surface area contributed by atoms with Gasteiger partial charge in [0.05, 0.1) is 19.8 Å². The lowest BCUT2D eigenvalue weighted by Crippen LogP contribution is -2.41. The van der Waals surface area contributed by atoms with E-state index >= 15 is 0 Å². The molecule has 1 N–H and O–H groups in total. The van der Waals surface area contributed by atoms with Gasteiger partial charge in [0.25, 0.3) is 0 Å². The fourth-order valence-corrected chi connectivity index (χ4v) is 1.53. The van der Waals surface area contributed by atoms with E-state index < -0.39 is 11.6 Å². The smallest absolute Gasteiger partial charge is 0.339 e. The van der Waals surface area contributed by atoms with Gasteiger partial charge in [0.15, 0.2) is 5.60 Å². The third-order valence-corrected chi connectivity index (χ3v) is 2.74. The van der Waals surface area contributed by atoms with Crippen LogP contribution in [-0.2, 0) is 14.3 Å². The molecule has 4 heteroatoms. The van der Waals surface area contributed by atoms with Crippen LogP contribution in [0.3, 0.4) is 0 Å². The highest BCUT2D eigenvalue weighted by Gasteiger charge is 2.32. The van der Waals surface area contributed by atoms with Gasteiger partial charge >= 0.3 is 5.97 Å². The van der Waals surface area contributed by atoms with Crippen molar-refractivity contribution in [2.45, 2.75) is 64.6 Å². The molecule has 0 aliphatic carbocycles. The normalized spacial score (nSPS) is 16.3. The first-order chi connectivity index (χ1) is 7.94. The fraction of sp³-hybridized carbons (Fsp3) is 0.923. The van der Waals surface area contributed by atoms with E-state index in [0.29, 0.717) is 0 Å². The number of aliphatic hydroxyl groups is 1. The Morgan fingerprint density at radius 1 is 1.35 bits per heavy atom. The Balaban J connectivity index is 3.75. The molecule has 0 radical (unpaired) electrons. The molecule has 0 aliphatic rings. The maximum absolute atomic E-state index is 11.2. The van der Waals surface area contributed by atoms with Crippen molar-refractivity contribution in [3.05, 3.63) is 0 Å². The van der Waals surface area contributed by atoms with Crippen LogP contribution in [0, 0.1) is 0 Å². The number of carbonyl (C=O) groups is 1. The molecule has 17 heavy (non-hydrogen) atoms. The van der Waals surface area contributed by atoms with Crippen LogP contribution in [0.2, 0.25) is 0 Å². The van der Waals surface area contributed by atoms with Gasteiger partial charge in [-0.1, -0.05) is 32.6 Å². The highest BCUT2D eigenvalue weighted by molar-refractivity contribution is 5.78. The molecule has 4 nitrogen and oxygen atoms in total. The molecule has 0 heterocycles. The number of ether oxygens (including phenoxy) is 2. The van der Waals surface area contributed by atoms with E-state index in [1.54, 1.807) is 0 Å². The highest BCUT2D eigenvalue weighted by Crippen LogP contribution is 2.12. The van der Waals surface area contributed by atoms with Crippen molar-refractivity contribution in [2.24, 2.45) is 0 Å². The van der Waals surface area contributed by atoms with Crippen LogP contribution in [0.1, 0.15) is 52.9 Å². The third kappa shape index (κ3) is 7.34. The van der Waals surface area contributed by atoms with E-state index in [9.17, 15) is 9.90 Å². The van der Waals surface area contributed by atoms with E-state index in [1.165, 1.54) is 33.3 Å². The molecule has 0 spiro atoms. The zero-order valence-corrected chi connectivity index (χ0v) is 11.5. The molecule has 0 bridgehead atoms. The summed E-state index contributed by atoms with van der Waals surface area (Å²) in [7, 11) is 1.25. The second kappa shape index (κ2) is 8.48. The Kier molecular flexibility index (Phi) is 8.17. The molecule has 0 aliphatic heterocycles. The van der Waals surface area contributed by atoms with Crippen LogP contribution in [-0.4, -0.2) is 36.5 Å². The lowest BCUT2D eigenvalue weighted by atomic mass is 10.1. The molecule has 0 aromatic carbocycles. The molecule has 0 fully saturated rings. The van der Waals surface area contributed by atoms with Crippen molar-refractivity contribution in [1.29, 1.82) is 0 Å². The Labute approximate surface area is 104 Å². The van der Waals surface area contributed by atoms with Crippen molar-refractivity contribution in [2.75, 3.05) is 13.7 Å². The van der Waals surface area contributed by atoms with Gasteiger partial charge < -0.3 is 14.6 Å². The summed E-state index contributed by atoms with van der Waals surface area (Å²) in [6.07, 6.45) is 5.80. The lowest BCUT2D eigenvalue weighted by molar-refractivity contribution is -0.168. The minimum atomic E-state index is -1.55. The van der Waals surface area contributed by atoms with Gasteiger partial charge in [-0.15, -0.1) is 0 Å². The largest absolute Gasteiger partial charge is 0.467 e. The summed E-state index contributed by atoms with van der Waals surface area (Å²) >= 11 is 0. The number of esters is 1. The zero-order valence-electron chi connectivity index (χ0n) is 11.5. The van der Waals surface area contributed by atoms with Crippen LogP contribution in [0.15, 0.2) is 0 Å². The van der Waals surface area contributed by atoms with Crippen LogP contribution in [0.25, 0.3) is 0 Å². The van der Waals surface area contributed by atoms with E-state index in [0.717, 1.165) is 12.8 Å². The Bertz CT molecular complexity index is 213. The third-order valence-electron chi connectivity index (χ3n) is 2.74. The summed E-state index contributed by atoms with van der Waals surface area (Å²) in [5, 5.41) is 9.74. The van der Waals surface area contributed by atoms with Crippen molar-refractivity contribution < 1.29 is 19.4 Å². The summed E-state index contributed by atoms with van der Waals surface area (Å²) in [4.78, 5) is 11.2. The van der Waals surface area contributed by atoms with Gasteiger partial charge in [0.2, 0.25) is 0 Å². The minimum Gasteiger partial charge on any atom is -0.467 e. The number of rotatable bonds is 9. The standard InChI is InChI=1S/C13H26O4/c1-5-6-7-8-9-11(2)17-10-13(3,15)12(14)16-4/h11,15H,5-10H2,1-4H3. The Hall–Kier alpha value is -0.610. The first-order valence-corrected chi connectivity index (χ1v) is 6.36. The number of hydrogen-bond donors (Lipinski definition) is 1. The van der Waals surface area contributed by atoms with Gasteiger partial charge in [0.1, 0.15) is 0 Å². The molecule has 0 amide bonds. The SMILES string of the molecule is CCCCCCC(C)OCC(C)(O)C(=O)OC. The average Bonchev–Trinajstić information content (AvgIpc) is 2.31. The molecule has 0 saturated heterocycles. The summed E-state index contributed by atoms with van der Waals surface area (Å²) in [5.41, 5.74) is -1.55. The van der Waals surface area contributed by atoms with E-state index in [4.69, 9.17) is 4.74 Å². The zero-order chi connectivity index (χ0) is 13.3. The van der Waals surface area contributed by atoms with Crippen molar-refractivity contribution in [1.82, 2.24) is 0 Å². The van der Waals surface area contributed by atoms with Crippen LogP contribution >= 0.6 is 0 Å². The fourth-order valence-electron chi connectivity index (χ4n) is 1.53.